The van der Waals surface area contributed by atoms with Crippen LogP contribution in [0, 0.1) is 10.1 Å². The van der Waals surface area contributed by atoms with Crippen molar-refractivity contribution in [3.63, 3.8) is 0 Å². The highest BCUT2D eigenvalue weighted by molar-refractivity contribution is 8.18. The first kappa shape index (κ1) is 20.1. The molecule has 0 radical (unpaired) electrons. The lowest BCUT2D eigenvalue weighted by Crippen LogP contribution is -2.29. The third-order valence-electron chi connectivity index (χ3n) is 3.93. The van der Waals surface area contributed by atoms with Crippen molar-refractivity contribution in [2.24, 2.45) is 0 Å². The van der Waals surface area contributed by atoms with E-state index in [-0.39, 0.29) is 33.3 Å². The molecule has 1 aromatic heterocycles. The maximum Gasteiger partial charge on any atom is 0.293 e. The van der Waals surface area contributed by atoms with Crippen molar-refractivity contribution in [2.75, 3.05) is 20.3 Å². The molecule has 1 aliphatic heterocycles. The van der Waals surface area contributed by atoms with Gasteiger partial charge in [0.05, 0.1) is 14.9 Å². The van der Waals surface area contributed by atoms with E-state index in [1.807, 2.05) is 0 Å². The molecule has 146 valence electrons. The Hall–Kier alpha value is -2.62. The number of amides is 2. The normalized spacial score (nSPS) is 15.6. The van der Waals surface area contributed by atoms with Crippen LogP contribution in [-0.2, 0) is 9.53 Å². The van der Waals surface area contributed by atoms with Gasteiger partial charge in [-0.1, -0.05) is 11.6 Å². The number of nitrogens with zero attached hydrogens (tertiary/aromatic N) is 2. The predicted molar refractivity (Wildman–Crippen MR) is 105 cm³/mol. The van der Waals surface area contributed by atoms with Gasteiger partial charge in [0, 0.05) is 44.0 Å². The molecule has 0 unspecified atom stereocenters. The fourth-order valence-electron chi connectivity index (χ4n) is 2.58. The Labute approximate surface area is 169 Å². The third kappa shape index (κ3) is 4.27. The Morgan fingerprint density at radius 2 is 2.11 bits per heavy atom. The first-order valence-corrected chi connectivity index (χ1v) is 9.38. The zero-order valence-electron chi connectivity index (χ0n) is 14.7. The number of hydrogen-bond acceptors (Lipinski definition) is 7. The van der Waals surface area contributed by atoms with Gasteiger partial charge in [-0.3, -0.25) is 24.6 Å². The number of benzene rings is 1. The zero-order chi connectivity index (χ0) is 20.3. The highest BCUT2D eigenvalue weighted by Crippen LogP contribution is 2.35. The van der Waals surface area contributed by atoms with Crippen molar-refractivity contribution in [3.8, 4) is 11.3 Å². The van der Waals surface area contributed by atoms with Gasteiger partial charge in [0.15, 0.2) is 0 Å². The van der Waals surface area contributed by atoms with Gasteiger partial charge in [0.2, 0.25) is 0 Å². The van der Waals surface area contributed by atoms with E-state index in [4.69, 9.17) is 20.8 Å². The summed E-state index contributed by atoms with van der Waals surface area (Å²) in [6.07, 6.45) is 2.05. The molecule has 0 saturated carbocycles. The van der Waals surface area contributed by atoms with Gasteiger partial charge < -0.3 is 9.15 Å². The highest BCUT2D eigenvalue weighted by Gasteiger charge is 2.34. The number of nitro groups is 1. The number of hydrogen-bond donors (Lipinski definition) is 0. The lowest BCUT2D eigenvalue weighted by atomic mass is 10.1. The SMILES string of the molecule is COCCCN1C(=O)S/C(=C/c2ccc(-c3ccc([N+](=O)[O-])cc3Cl)o2)C1=O. The largest absolute Gasteiger partial charge is 0.457 e. The van der Waals surface area contributed by atoms with Crippen LogP contribution in [0.15, 0.2) is 39.7 Å². The summed E-state index contributed by atoms with van der Waals surface area (Å²) in [5.74, 6) is 0.384. The highest BCUT2D eigenvalue weighted by atomic mass is 35.5. The monoisotopic (exact) mass is 422 g/mol. The number of rotatable bonds is 7. The molecule has 10 heteroatoms. The van der Waals surface area contributed by atoms with Crippen LogP contribution in [0.2, 0.25) is 5.02 Å². The average molecular weight is 423 g/mol. The van der Waals surface area contributed by atoms with Crippen molar-refractivity contribution in [3.05, 3.63) is 56.1 Å². The van der Waals surface area contributed by atoms with E-state index in [9.17, 15) is 19.7 Å². The molecule has 2 heterocycles. The summed E-state index contributed by atoms with van der Waals surface area (Å²) < 4.78 is 10.6. The maximum atomic E-state index is 12.4. The molecule has 8 nitrogen and oxygen atoms in total. The number of carbonyl (C=O) groups excluding carboxylic acids is 2. The Bertz CT molecular complexity index is 971. The summed E-state index contributed by atoms with van der Waals surface area (Å²) in [5.41, 5.74) is 0.363. The second-order valence-corrected chi connectivity index (χ2v) is 7.20. The van der Waals surface area contributed by atoms with Crippen LogP contribution in [0.3, 0.4) is 0 Å². The molecule has 1 aliphatic rings. The Kier molecular flexibility index (Phi) is 6.18. The summed E-state index contributed by atoms with van der Waals surface area (Å²) in [4.78, 5) is 36.1. The van der Waals surface area contributed by atoms with Crippen LogP contribution in [0.1, 0.15) is 12.2 Å². The van der Waals surface area contributed by atoms with Crippen LogP contribution in [0.4, 0.5) is 10.5 Å². The van der Waals surface area contributed by atoms with Crippen molar-refractivity contribution >= 4 is 46.3 Å². The molecule has 0 atom stereocenters. The van der Waals surface area contributed by atoms with E-state index in [0.717, 1.165) is 11.8 Å². The number of carbonyl (C=O) groups is 2. The molecule has 1 aromatic carbocycles. The summed E-state index contributed by atoms with van der Waals surface area (Å²) >= 11 is 6.95. The van der Waals surface area contributed by atoms with E-state index >= 15 is 0 Å². The Balaban J connectivity index is 1.78. The average Bonchev–Trinajstić information content (AvgIpc) is 3.21. The van der Waals surface area contributed by atoms with Gasteiger partial charge >= 0.3 is 0 Å². The molecule has 28 heavy (non-hydrogen) atoms. The van der Waals surface area contributed by atoms with Crippen LogP contribution < -0.4 is 0 Å². The summed E-state index contributed by atoms with van der Waals surface area (Å²) in [7, 11) is 1.55. The molecular weight excluding hydrogens is 408 g/mol. The fraction of sp³-hybridized carbons (Fsp3) is 0.222. The van der Waals surface area contributed by atoms with Crippen LogP contribution in [-0.4, -0.2) is 41.2 Å². The van der Waals surface area contributed by atoms with Gasteiger partial charge in [-0.15, -0.1) is 0 Å². The topological polar surface area (TPSA) is 103 Å². The molecule has 0 bridgehead atoms. The number of imide groups is 1. The molecule has 1 fully saturated rings. The molecular formula is C18H15ClN2O6S. The minimum atomic E-state index is -0.536. The maximum absolute atomic E-state index is 12.4. The van der Waals surface area contributed by atoms with Crippen LogP contribution in [0.5, 0.6) is 0 Å². The van der Waals surface area contributed by atoms with Crippen molar-refractivity contribution in [1.82, 2.24) is 4.90 Å². The van der Waals surface area contributed by atoms with E-state index in [1.165, 1.54) is 29.2 Å². The number of thioether (sulfide) groups is 1. The molecule has 0 spiro atoms. The predicted octanol–water partition coefficient (Wildman–Crippen LogP) is 4.58. The molecule has 1 saturated heterocycles. The Morgan fingerprint density at radius 3 is 2.79 bits per heavy atom. The first-order chi connectivity index (χ1) is 13.4. The van der Waals surface area contributed by atoms with Crippen molar-refractivity contribution < 1.29 is 23.7 Å². The van der Waals surface area contributed by atoms with E-state index in [1.54, 1.807) is 19.2 Å². The quantitative estimate of drug-likeness (QED) is 0.278. The van der Waals surface area contributed by atoms with Crippen LogP contribution >= 0.6 is 23.4 Å². The second kappa shape index (κ2) is 8.59. The molecule has 2 amide bonds. The molecule has 0 N–H and O–H groups in total. The fourth-order valence-corrected chi connectivity index (χ4v) is 3.69. The number of ether oxygens (including phenoxy) is 1. The third-order valence-corrected chi connectivity index (χ3v) is 5.15. The summed E-state index contributed by atoms with van der Waals surface area (Å²) in [6, 6.07) is 7.33. The summed E-state index contributed by atoms with van der Waals surface area (Å²) in [5, 5.41) is 10.6. The molecule has 0 aliphatic carbocycles. The number of furan rings is 1. The Morgan fingerprint density at radius 1 is 1.32 bits per heavy atom. The summed E-state index contributed by atoms with van der Waals surface area (Å²) in [6.45, 7) is 0.746. The second-order valence-electron chi connectivity index (χ2n) is 5.80. The number of nitro benzene ring substituents is 1. The zero-order valence-corrected chi connectivity index (χ0v) is 16.3. The van der Waals surface area contributed by atoms with Crippen molar-refractivity contribution in [1.29, 1.82) is 0 Å². The van der Waals surface area contributed by atoms with Gasteiger partial charge in [0.1, 0.15) is 11.5 Å². The first-order valence-electron chi connectivity index (χ1n) is 8.19. The molecule has 3 rings (SSSR count). The number of methoxy groups -OCH3 is 1. The minimum Gasteiger partial charge on any atom is -0.457 e. The van der Waals surface area contributed by atoms with E-state index < -0.39 is 4.92 Å². The standard InChI is InChI=1S/C18H15ClN2O6S/c1-26-8-2-7-20-17(22)16(28-18(20)23)10-12-4-6-15(27-12)13-5-3-11(21(24)25)9-14(13)19/h3-6,9-10H,2,7-8H2,1H3/b16-10+. The van der Waals surface area contributed by atoms with Gasteiger partial charge in [-0.2, -0.15) is 0 Å². The number of non-ortho nitro benzene ring substituents is 1. The van der Waals surface area contributed by atoms with Gasteiger partial charge in [0.25, 0.3) is 16.8 Å². The lowest BCUT2D eigenvalue weighted by molar-refractivity contribution is -0.384. The van der Waals surface area contributed by atoms with Gasteiger partial charge in [-0.05, 0) is 36.4 Å². The lowest BCUT2D eigenvalue weighted by Gasteiger charge is -2.11. The van der Waals surface area contributed by atoms with Crippen LogP contribution in [0.25, 0.3) is 17.4 Å². The minimum absolute atomic E-state index is 0.123. The number of halogens is 1. The van der Waals surface area contributed by atoms with E-state index in [2.05, 4.69) is 0 Å². The smallest absolute Gasteiger partial charge is 0.293 e. The van der Waals surface area contributed by atoms with E-state index in [0.29, 0.717) is 30.1 Å². The van der Waals surface area contributed by atoms with Gasteiger partial charge in [-0.25, -0.2) is 0 Å². The molecule has 2 aromatic rings. The van der Waals surface area contributed by atoms with Crippen molar-refractivity contribution in [2.45, 2.75) is 6.42 Å².